The lowest BCUT2D eigenvalue weighted by molar-refractivity contribution is 0.355. The molecular formula is C17H22N4O2. The van der Waals surface area contributed by atoms with Crippen LogP contribution in [0.5, 0.6) is 11.5 Å². The summed E-state index contributed by atoms with van der Waals surface area (Å²) in [4.78, 5) is 2.27. The minimum atomic E-state index is 0.689. The van der Waals surface area contributed by atoms with Crippen molar-refractivity contribution in [3.8, 4) is 22.8 Å². The van der Waals surface area contributed by atoms with E-state index in [1.807, 2.05) is 30.3 Å². The summed E-state index contributed by atoms with van der Waals surface area (Å²) < 4.78 is 10.6. The Morgan fingerprint density at radius 2 is 1.83 bits per heavy atom. The van der Waals surface area contributed by atoms with E-state index in [-0.39, 0.29) is 0 Å². The highest BCUT2D eigenvalue weighted by Gasteiger charge is 2.12. The maximum atomic E-state index is 5.34. The fourth-order valence-corrected chi connectivity index (χ4v) is 2.72. The van der Waals surface area contributed by atoms with Gasteiger partial charge in [0.05, 0.1) is 19.9 Å². The maximum Gasteiger partial charge on any atom is 0.161 e. The van der Waals surface area contributed by atoms with Gasteiger partial charge in [-0.2, -0.15) is 0 Å². The molecule has 6 heteroatoms. The average Bonchev–Trinajstić information content (AvgIpc) is 2.90. The van der Waals surface area contributed by atoms with Crippen LogP contribution in [-0.4, -0.2) is 50.6 Å². The summed E-state index contributed by atoms with van der Waals surface area (Å²) >= 11 is 0. The van der Waals surface area contributed by atoms with Crippen LogP contribution < -0.4 is 19.7 Å². The van der Waals surface area contributed by atoms with E-state index in [4.69, 9.17) is 9.47 Å². The monoisotopic (exact) mass is 314 g/mol. The van der Waals surface area contributed by atoms with E-state index >= 15 is 0 Å². The number of hydrogen-bond acceptors (Lipinski definition) is 6. The van der Waals surface area contributed by atoms with Crippen LogP contribution in [0, 0.1) is 0 Å². The Morgan fingerprint density at radius 3 is 2.57 bits per heavy atom. The maximum absolute atomic E-state index is 5.34. The van der Waals surface area contributed by atoms with Crippen molar-refractivity contribution in [2.45, 2.75) is 6.42 Å². The molecule has 0 spiro atoms. The van der Waals surface area contributed by atoms with Crippen LogP contribution in [-0.2, 0) is 0 Å². The van der Waals surface area contributed by atoms with Crippen LogP contribution in [0.15, 0.2) is 30.3 Å². The summed E-state index contributed by atoms with van der Waals surface area (Å²) in [6.07, 6.45) is 1.12. The van der Waals surface area contributed by atoms with Crippen molar-refractivity contribution in [2.75, 3.05) is 45.3 Å². The van der Waals surface area contributed by atoms with Gasteiger partial charge in [0.15, 0.2) is 17.3 Å². The van der Waals surface area contributed by atoms with Crippen molar-refractivity contribution < 1.29 is 9.47 Å². The Hall–Kier alpha value is -2.34. The van der Waals surface area contributed by atoms with Gasteiger partial charge in [-0.15, -0.1) is 10.2 Å². The highest BCUT2D eigenvalue weighted by molar-refractivity contribution is 5.64. The van der Waals surface area contributed by atoms with E-state index in [1.165, 1.54) is 0 Å². The molecule has 1 saturated heterocycles. The molecule has 1 aliphatic rings. The van der Waals surface area contributed by atoms with Gasteiger partial charge in [-0.05, 0) is 43.3 Å². The van der Waals surface area contributed by atoms with Gasteiger partial charge < -0.3 is 19.7 Å². The predicted molar refractivity (Wildman–Crippen MR) is 90.3 cm³/mol. The molecule has 1 N–H and O–H groups in total. The molecule has 0 unspecified atom stereocenters. The summed E-state index contributed by atoms with van der Waals surface area (Å²) in [6.45, 7) is 4.02. The first-order valence-electron chi connectivity index (χ1n) is 7.83. The average molecular weight is 314 g/mol. The van der Waals surface area contributed by atoms with Gasteiger partial charge in [-0.3, -0.25) is 0 Å². The quantitative estimate of drug-likeness (QED) is 0.931. The third-order valence-electron chi connectivity index (χ3n) is 3.99. The van der Waals surface area contributed by atoms with Crippen molar-refractivity contribution in [1.29, 1.82) is 0 Å². The Kier molecular flexibility index (Phi) is 4.92. The normalized spacial score (nSPS) is 15.1. The number of benzene rings is 1. The number of rotatable bonds is 4. The van der Waals surface area contributed by atoms with E-state index in [0.29, 0.717) is 11.5 Å². The summed E-state index contributed by atoms with van der Waals surface area (Å²) in [6, 6.07) is 9.79. The molecular weight excluding hydrogens is 292 g/mol. The van der Waals surface area contributed by atoms with E-state index in [1.54, 1.807) is 14.2 Å². The SMILES string of the molecule is COc1ccc(-c2ccc(N3CCCNCC3)nn2)cc1OC. The summed E-state index contributed by atoms with van der Waals surface area (Å²) in [7, 11) is 3.26. The highest BCUT2D eigenvalue weighted by atomic mass is 16.5. The lowest BCUT2D eigenvalue weighted by atomic mass is 10.1. The smallest absolute Gasteiger partial charge is 0.161 e. The molecule has 0 aliphatic carbocycles. The van der Waals surface area contributed by atoms with Gasteiger partial charge in [0, 0.05) is 25.2 Å². The molecule has 3 rings (SSSR count). The molecule has 0 radical (unpaired) electrons. The van der Waals surface area contributed by atoms with E-state index in [9.17, 15) is 0 Å². The minimum Gasteiger partial charge on any atom is -0.493 e. The van der Waals surface area contributed by atoms with Gasteiger partial charge in [-0.1, -0.05) is 0 Å². The second-order valence-electron chi connectivity index (χ2n) is 5.44. The molecule has 2 heterocycles. The van der Waals surface area contributed by atoms with Crippen molar-refractivity contribution in [2.24, 2.45) is 0 Å². The van der Waals surface area contributed by atoms with Crippen LogP contribution in [0.4, 0.5) is 5.82 Å². The second kappa shape index (κ2) is 7.28. The van der Waals surface area contributed by atoms with Crippen LogP contribution in [0.1, 0.15) is 6.42 Å². The number of ether oxygens (including phenoxy) is 2. The first kappa shape index (κ1) is 15.6. The molecule has 6 nitrogen and oxygen atoms in total. The number of nitrogens with one attached hydrogen (secondary N) is 1. The summed E-state index contributed by atoms with van der Waals surface area (Å²) in [5, 5.41) is 12.2. The van der Waals surface area contributed by atoms with Gasteiger partial charge in [0.25, 0.3) is 0 Å². The Morgan fingerprint density at radius 1 is 0.957 bits per heavy atom. The van der Waals surface area contributed by atoms with Crippen LogP contribution in [0.3, 0.4) is 0 Å². The fourth-order valence-electron chi connectivity index (χ4n) is 2.72. The summed E-state index contributed by atoms with van der Waals surface area (Å²) in [5.41, 5.74) is 1.78. The zero-order chi connectivity index (χ0) is 16.1. The number of methoxy groups -OCH3 is 2. The van der Waals surface area contributed by atoms with Gasteiger partial charge >= 0.3 is 0 Å². The predicted octanol–water partition coefficient (Wildman–Crippen LogP) is 1.96. The zero-order valence-corrected chi connectivity index (χ0v) is 13.6. The number of nitrogens with zero attached hydrogens (tertiary/aromatic N) is 3. The molecule has 1 fully saturated rings. The molecule has 0 atom stereocenters. The Balaban J connectivity index is 1.81. The third-order valence-corrected chi connectivity index (χ3v) is 3.99. The van der Waals surface area contributed by atoms with Crippen molar-refractivity contribution in [3.05, 3.63) is 30.3 Å². The fraction of sp³-hybridized carbons (Fsp3) is 0.412. The van der Waals surface area contributed by atoms with Crippen LogP contribution in [0.25, 0.3) is 11.3 Å². The first-order valence-corrected chi connectivity index (χ1v) is 7.83. The Labute approximate surface area is 136 Å². The molecule has 1 aliphatic heterocycles. The largest absolute Gasteiger partial charge is 0.493 e. The molecule has 0 amide bonds. The molecule has 1 aromatic heterocycles. The van der Waals surface area contributed by atoms with E-state index < -0.39 is 0 Å². The van der Waals surface area contributed by atoms with Gasteiger partial charge in [-0.25, -0.2) is 0 Å². The van der Waals surface area contributed by atoms with Crippen LogP contribution >= 0.6 is 0 Å². The van der Waals surface area contributed by atoms with E-state index in [0.717, 1.165) is 49.7 Å². The topological polar surface area (TPSA) is 59.5 Å². The molecule has 1 aromatic carbocycles. The van der Waals surface area contributed by atoms with Crippen LogP contribution in [0.2, 0.25) is 0 Å². The molecule has 23 heavy (non-hydrogen) atoms. The lowest BCUT2D eigenvalue weighted by Gasteiger charge is -2.20. The number of anilines is 1. The summed E-state index contributed by atoms with van der Waals surface area (Å²) in [5.74, 6) is 2.32. The molecule has 2 aromatic rings. The molecule has 122 valence electrons. The Bertz CT molecular complexity index is 638. The van der Waals surface area contributed by atoms with Crippen molar-refractivity contribution in [1.82, 2.24) is 15.5 Å². The minimum absolute atomic E-state index is 0.689. The van der Waals surface area contributed by atoms with E-state index in [2.05, 4.69) is 20.4 Å². The van der Waals surface area contributed by atoms with Gasteiger partial charge in [0.1, 0.15) is 0 Å². The van der Waals surface area contributed by atoms with Crippen molar-refractivity contribution in [3.63, 3.8) is 0 Å². The number of hydrogen-bond donors (Lipinski definition) is 1. The lowest BCUT2D eigenvalue weighted by Crippen LogP contribution is -2.28. The zero-order valence-electron chi connectivity index (χ0n) is 13.6. The molecule has 0 bridgehead atoms. The standard InChI is InChI=1S/C17H22N4O2/c1-22-15-6-4-13(12-16(15)23-2)14-5-7-17(20-19-14)21-10-3-8-18-9-11-21/h4-7,12,18H,3,8-11H2,1-2H3. The second-order valence-corrected chi connectivity index (χ2v) is 5.44. The van der Waals surface area contributed by atoms with Gasteiger partial charge in [0.2, 0.25) is 0 Å². The first-order chi connectivity index (χ1) is 11.3. The van der Waals surface area contributed by atoms with Crippen molar-refractivity contribution >= 4 is 5.82 Å². The number of aromatic nitrogens is 2. The molecule has 0 saturated carbocycles. The third kappa shape index (κ3) is 3.53. The highest BCUT2D eigenvalue weighted by Crippen LogP contribution is 2.31.